The van der Waals surface area contributed by atoms with Crippen LogP contribution in [0.25, 0.3) is 33.8 Å². The molecule has 5 aromatic rings. The van der Waals surface area contributed by atoms with E-state index in [2.05, 4.69) is 60.9 Å². The molecule has 2 amide bonds. The van der Waals surface area contributed by atoms with Crippen LogP contribution in [0.2, 0.25) is 5.02 Å². The summed E-state index contributed by atoms with van der Waals surface area (Å²) in [5.41, 5.74) is 6.97. The number of amides is 2. The molecule has 0 unspecified atom stereocenters. The number of nitrogens with zero attached hydrogens (tertiary/aromatic N) is 4. The Morgan fingerprint density at radius 2 is 1.71 bits per heavy atom. The van der Waals surface area contributed by atoms with E-state index in [4.69, 9.17) is 16.6 Å². The maximum absolute atomic E-state index is 12.3. The average molecular weight is 528 g/mol. The summed E-state index contributed by atoms with van der Waals surface area (Å²) in [4.78, 5) is 25.3. The number of halogens is 1. The zero-order chi connectivity index (χ0) is 26.1. The highest BCUT2D eigenvalue weighted by Crippen LogP contribution is 2.27. The van der Waals surface area contributed by atoms with Crippen molar-refractivity contribution in [1.82, 2.24) is 25.1 Å². The van der Waals surface area contributed by atoms with Gasteiger partial charge in [0.15, 0.2) is 17.4 Å². The van der Waals surface area contributed by atoms with E-state index in [9.17, 15) is 4.79 Å². The zero-order valence-corrected chi connectivity index (χ0v) is 21.7. The van der Waals surface area contributed by atoms with Gasteiger partial charge >= 0.3 is 6.03 Å². The molecule has 1 fully saturated rings. The van der Waals surface area contributed by atoms with Crippen LogP contribution in [0.15, 0.2) is 72.8 Å². The highest BCUT2D eigenvalue weighted by molar-refractivity contribution is 5.99. The molecule has 1 aliphatic heterocycles. The van der Waals surface area contributed by atoms with Crippen molar-refractivity contribution >= 4 is 34.1 Å². The van der Waals surface area contributed by atoms with E-state index < -0.39 is 0 Å². The van der Waals surface area contributed by atoms with E-state index in [1.54, 1.807) is 18.2 Å². The maximum Gasteiger partial charge on any atom is 0.323 e. The minimum Gasteiger partial charge on any atom is -0.369 e. The number of hydrogen-bond acceptors (Lipinski definition) is 5. The lowest BCUT2D eigenvalue weighted by atomic mass is 10.1. The number of H-pyrrole nitrogens is 2. The van der Waals surface area contributed by atoms with Gasteiger partial charge in [-0.1, -0.05) is 18.2 Å². The largest absolute Gasteiger partial charge is 0.369 e. The molecule has 1 aliphatic rings. The van der Waals surface area contributed by atoms with Gasteiger partial charge in [-0.05, 0) is 49.5 Å². The predicted molar refractivity (Wildman–Crippen MR) is 148 cm³/mol. The van der Waals surface area contributed by atoms with E-state index in [0.717, 1.165) is 60.0 Å². The normalized spacial score (nSPS) is 14.1. The second kappa shape index (κ2) is 10.2. The molecule has 0 saturated carbocycles. The Hall–Kier alpha value is -4.34. The van der Waals surface area contributed by atoms with Gasteiger partial charge < -0.3 is 25.4 Å². The Labute approximate surface area is 224 Å². The molecule has 192 valence electrons. The average Bonchev–Trinajstić information content (AvgIpc) is 3.57. The van der Waals surface area contributed by atoms with Gasteiger partial charge in [0.2, 0.25) is 5.02 Å². The van der Waals surface area contributed by atoms with Gasteiger partial charge in [0.1, 0.15) is 5.69 Å². The van der Waals surface area contributed by atoms with Crippen LogP contribution in [0.4, 0.5) is 21.9 Å². The smallest absolute Gasteiger partial charge is 0.323 e. The van der Waals surface area contributed by atoms with Gasteiger partial charge in [0, 0.05) is 60.9 Å². The number of urea groups is 1. The van der Waals surface area contributed by atoms with E-state index in [-0.39, 0.29) is 6.03 Å². The Kier molecular flexibility index (Phi) is 6.45. The molecule has 0 bridgehead atoms. The number of imidazole rings is 1. The number of nitrogens with one attached hydrogen (secondary N) is 4. The Bertz CT molecular complexity index is 1580. The van der Waals surface area contributed by atoms with Crippen LogP contribution in [0.5, 0.6) is 0 Å². The minimum absolute atomic E-state index is 0.332. The van der Waals surface area contributed by atoms with Crippen molar-refractivity contribution in [2.24, 2.45) is 0 Å². The van der Waals surface area contributed by atoms with Crippen molar-refractivity contribution in [1.29, 1.82) is 0 Å². The number of piperazine rings is 1. The van der Waals surface area contributed by atoms with Gasteiger partial charge in [-0.25, -0.2) is 9.78 Å². The Morgan fingerprint density at radius 3 is 2.50 bits per heavy atom. The van der Waals surface area contributed by atoms with Crippen molar-refractivity contribution in [2.45, 2.75) is 0 Å². The van der Waals surface area contributed by atoms with E-state index in [1.165, 1.54) is 5.69 Å². The lowest BCUT2D eigenvalue weighted by molar-refractivity contribution is -0.288. The fourth-order valence-corrected chi connectivity index (χ4v) is 4.77. The van der Waals surface area contributed by atoms with E-state index >= 15 is 0 Å². The number of carbonyl (C=O) groups is 1. The standard InChI is InChI=1S/C28H27ClN8O/c1-36-11-13-37(14-12-36)22-9-10-23-25(16-22)33-27(32-23)26-17-24(34-35-26)18-5-7-20(8-6-18)30-28(38)31-21-4-2-3-19(29)15-21/h2-10,15-17,29H,11-14H2,1H3,(H3-,30,31,32,33,34,35,38)/p+1. The number of aromatic nitrogens is 4. The summed E-state index contributed by atoms with van der Waals surface area (Å²) in [6, 6.07) is 22.7. The fourth-order valence-electron chi connectivity index (χ4n) is 4.57. The van der Waals surface area contributed by atoms with E-state index in [0.29, 0.717) is 16.4 Å². The molecule has 38 heavy (non-hydrogen) atoms. The molecular weight excluding hydrogens is 500 g/mol. The topological polar surface area (TPSA) is 105 Å². The number of aromatic amines is 2. The SMILES string of the molecule is CN1CCN(c2ccc3nc(-c4cc(-c5ccc(NC(=O)Nc6cccc([ClH+])c6)cc5)n[nH]4)[nH]c3c2)CC1. The third kappa shape index (κ3) is 5.20. The molecule has 0 radical (unpaired) electrons. The van der Waals surface area contributed by atoms with Crippen molar-refractivity contribution in [2.75, 3.05) is 48.8 Å². The first-order chi connectivity index (χ1) is 18.5. The molecule has 6 rings (SSSR count). The molecule has 0 atom stereocenters. The first-order valence-corrected chi connectivity index (χ1v) is 12.9. The molecule has 0 spiro atoms. The van der Waals surface area contributed by atoms with Crippen LogP contribution in [-0.4, -0.2) is 64.3 Å². The van der Waals surface area contributed by atoms with Gasteiger partial charge in [-0.3, -0.25) is 5.10 Å². The van der Waals surface area contributed by atoms with Crippen LogP contribution in [-0.2, 0) is 0 Å². The molecule has 2 aromatic heterocycles. The third-order valence-electron chi connectivity index (χ3n) is 6.70. The monoisotopic (exact) mass is 527 g/mol. The molecule has 0 aliphatic carbocycles. The molecule has 3 heterocycles. The summed E-state index contributed by atoms with van der Waals surface area (Å²) in [5, 5.41) is 13.9. The van der Waals surface area contributed by atoms with Crippen molar-refractivity contribution < 1.29 is 16.4 Å². The van der Waals surface area contributed by atoms with Gasteiger partial charge in [0.05, 0.1) is 16.7 Å². The number of hydrogen-bond donors (Lipinski definition) is 4. The summed E-state index contributed by atoms with van der Waals surface area (Å²) in [7, 11) is 2.16. The summed E-state index contributed by atoms with van der Waals surface area (Å²) in [6.45, 7) is 4.18. The third-order valence-corrected chi connectivity index (χ3v) is 6.95. The van der Waals surface area contributed by atoms with Crippen LogP contribution < -0.4 is 15.5 Å². The molecule has 4 N–H and O–H groups in total. The first kappa shape index (κ1) is 24.0. The summed E-state index contributed by atoms with van der Waals surface area (Å²) < 4.78 is 0. The van der Waals surface area contributed by atoms with Gasteiger partial charge in [-0.2, -0.15) is 5.10 Å². The van der Waals surface area contributed by atoms with Crippen LogP contribution in [0, 0.1) is 11.6 Å². The zero-order valence-electron chi connectivity index (χ0n) is 20.9. The van der Waals surface area contributed by atoms with Crippen molar-refractivity contribution in [3.63, 3.8) is 0 Å². The number of fused-ring (bicyclic) bond motifs is 1. The Balaban J connectivity index is 1.13. The quantitative estimate of drug-likeness (QED) is 0.265. The first-order valence-electron chi connectivity index (χ1n) is 12.4. The summed E-state index contributed by atoms with van der Waals surface area (Å²) >= 11 is 5.14. The van der Waals surface area contributed by atoms with Crippen LogP contribution in [0.3, 0.4) is 0 Å². The maximum atomic E-state index is 12.3. The number of anilines is 3. The highest BCUT2D eigenvalue weighted by Gasteiger charge is 2.16. The Morgan fingerprint density at radius 1 is 0.921 bits per heavy atom. The van der Waals surface area contributed by atoms with Crippen LogP contribution >= 0.6 is 0 Å². The molecule has 9 nitrogen and oxygen atoms in total. The second-order valence-electron chi connectivity index (χ2n) is 9.43. The molecule has 3 aromatic carbocycles. The molecular formula is C28H28ClN8O+. The van der Waals surface area contributed by atoms with Gasteiger partial charge in [-0.15, -0.1) is 0 Å². The summed E-state index contributed by atoms with van der Waals surface area (Å²) in [5.74, 6) is 0.743. The highest BCUT2D eigenvalue weighted by atomic mass is 35.5. The fraction of sp³-hybridized carbons (Fsp3) is 0.179. The summed E-state index contributed by atoms with van der Waals surface area (Å²) in [6.07, 6.45) is 0. The van der Waals surface area contributed by atoms with Crippen LogP contribution in [0.1, 0.15) is 0 Å². The minimum atomic E-state index is -0.332. The predicted octanol–water partition coefficient (Wildman–Crippen LogP) is 4.71. The lowest BCUT2D eigenvalue weighted by Gasteiger charge is -2.34. The van der Waals surface area contributed by atoms with Crippen molar-refractivity contribution in [3.05, 3.63) is 77.8 Å². The number of rotatable bonds is 5. The lowest BCUT2D eigenvalue weighted by Crippen LogP contribution is -2.44. The molecule has 10 heteroatoms. The number of carbonyl (C=O) groups excluding carboxylic acids is 1. The van der Waals surface area contributed by atoms with E-state index in [1.807, 2.05) is 36.4 Å². The number of benzene rings is 3. The van der Waals surface area contributed by atoms with Gasteiger partial charge in [0.25, 0.3) is 0 Å². The molecule has 1 saturated heterocycles. The van der Waals surface area contributed by atoms with Crippen molar-refractivity contribution in [3.8, 4) is 22.8 Å². The number of likely N-dealkylation sites (N-methyl/N-ethyl adjacent to an activating group) is 1. The second-order valence-corrected chi connectivity index (χ2v) is 9.90.